The fourth-order valence-corrected chi connectivity index (χ4v) is 10.5. The molecule has 74 heavy (non-hydrogen) atoms. The van der Waals surface area contributed by atoms with Gasteiger partial charge < -0.3 is 9.13 Å². The zero-order valence-electron chi connectivity index (χ0n) is 39.5. The molecule has 13 aromatic rings. The SMILES string of the molecule is N#Cc1cccc(-c2cccc(-c3nc(-c4ccc(-c5ccccc5C#N)cc4-n4c5ccccc5c5ccccc54)nc(-c4ccc(-c5ccccc5C#N)cc4-n4c5ccccc5c5ccccc54)n3)c2)c1. The van der Waals surface area contributed by atoms with Crippen molar-refractivity contribution in [3.63, 3.8) is 0 Å². The van der Waals surface area contributed by atoms with Crippen LogP contribution in [0.4, 0.5) is 0 Å². The van der Waals surface area contributed by atoms with Crippen molar-refractivity contribution >= 4 is 43.6 Å². The van der Waals surface area contributed by atoms with Gasteiger partial charge in [-0.1, -0.05) is 152 Å². The van der Waals surface area contributed by atoms with Gasteiger partial charge in [-0.05, 0) is 112 Å². The summed E-state index contributed by atoms with van der Waals surface area (Å²) in [6, 6.07) is 84.2. The molecule has 10 aromatic carbocycles. The minimum absolute atomic E-state index is 0.436. The Morgan fingerprint density at radius 2 is 0.676 bits per heavy atom. The van der Waals surface area contributed by atoms with E-state index in [0.29, 0.717) is 34.2 Å². The van der Waals surface area contributed by atoms with E-state index < -0.39 is 0 Å². The number of hydrogen-bond acceptors (Lipinski definition) is 6. The van der Waals surface area contributed by atoms with Gasteiger partial charge in [0.05, 0.1) is 68.3 Å². The van der Waals surface area contributed by atoms with Gasteiger partial charge >= 0.3 is 0 Å². The Morgan fingerprint density at radius 1 is 0.284 bits per heavy atom. The molecule has 13 rings (SSSR count). The normalized spacial score (nSPS) is 11.2. The van der Waals surface area contributed by atoms with Gasteiger partial charge in [0.15, 0.2) is 17.5 Å². The van der Waals surface area contributed by atoms with E-state index in [-0.39, 0.29) is 0 Å². The first-order valence-electron chi connectivity index (χ1n) is 24.2. The molecule has 0 radical (unpaired) electrons. The molecule has 0 saturated heterocycles. The minimum atomic E-state index is 0.436. The third kappa shape index (κ3) is 7.25. The van der Waals surface area contributed by atoms with E-state index in [9.17, 15) is 15.8 Å². The quantitative estimate of drug-likeness (QED) is 0.150. The van der Waals surface area contributed by atoms with Crippen LogP contribution in [0.3, 0.4) is 0 Å². The Morgan fingerprint density at radius 3 is 1.14 bits per heavy atom. The summed E-state index contributed by atoms with van der Waals surface area (Å²) in [5, 5.41) is 34.9. The van der Waals surface area contributed by atoms with Crippen molar-refractivity contribution in [2.75, 3.05) is 0 Å². The van der Waals surface area contributed by atoms with Crippen molar-refractivity contribution in [1.29, 1.82) is 15.8 Å². The van der Waals surface area contributed by atoms with Crippen molar-refractivity contribution in [3.8, 4) is 97.1 Å². The van der Waals surface area contributed by atoms with Gasteiger partial charge in [0.25, 0.3) is 0 Å². The zero-order chi connectivity index (χ0) is 49.7. The number of aromatic nitrogens is 5. The van der Waals surface area contributed by atoms with Crippen LogP contribution in [-0.4, -0.2) is 24.1 Å². The second-order valence-electron chi connectivity index (χ2n) is 18.1. The van der Waals surface area contributed by atoms with Crippen molar-refractivity contribution in [2.24, 2.45) is 0 Å². The Hall–Kier alpha value is -10.7. The van der Waals surface area contributed by atoms with E-state index in [1.807, 2.05) is 97.1 Å². The van der Waals surface area contributed by atoms with E-state index in [0.717, 1.165) is 105 Å². The van der Waals surface area contributed by atoms with Crippen LogP contribution in [0.15, 0.2) is 231 Å². The molecule has 0 amide bonds. The lowest BCUT2D eigenvalue weighted by Gasteiger charge is -2.18. The Labute approximate surface area is 425 Å². The molecule has 342 valence electrons. The molecule has 0 aliphatic heterocycles. The number of nitrogens with zero attached hydrogens (tertiary/aromatic N) is 8. The number of hydrogen-bond donors (Lipinski definition) is 0. The summed E-state index contributed by atoms with van der Waals surface area (Å²) in [6.45, 7) is 0. The smallest absolute Gasteiger partial charge is 0.166 e. The summed E-state index contributed by atoms with van der Waals surface area (Å²) in [5.74, 6) is 1.32. The molecule has 0 saturated carbocycles. The molecular weight excluding hydrogens is 905 g/mol. The summed E-state index contributed by atoms with van der Waals surface area (Å²) in [4.78, 5) is 16.4. The van der Waals surface area contributed by atoms with Crippen molar-refractivity contribution < 1.29 is 0 Å². The van der Waals surface area contributed by atoms with Gasteiger partial charge in [0, 0.05) is 38.2 Å². The van der Waals surface area contributed by atoms with Crippen LogP contribution in [-0.2, 0) is 0 Å². The van der Waals surface area contributed by atoms with Crippen LogP contribution in [0.2, 0.25) is 0 Å². The van der Waals surface area contributed by atoms with Gasteiger partial charge in [-0.15, -0.1) is 0 Å². The second-order valence-corrected chi connectivity index (χ2v) is 18.1. The fourth-order valence-electron chi connectivity index (χ4n) is 10.5. The molecule has 0 spiro atoms. The molecule has 8 nitrogen and oxygen atoms in total. The largest absolute Gasteiger partial charge is 0.308 e. The Kier molecular flexibility index (Phi) is 10.5. The molecule has 0 unspecified atom stereocenters. The highest BCUT2D eigenvalue weighted by Crippen LogP contribution is 2.42. The highest BCUT2D eigenvalue weighted by Gasteiger charge is 2.24. The van der Waals surface area contributed by atoms with E-state index >= 15 is 0 Å². The molecule has 3 aromatic heterocycles. The van der Waals surface area contributed by atoms with Gasteiger partial charge in [-0.25, -0.2) is 15.0 Å². The number of nitriles is 3. The third-order valence-electron chi connectivity index (χ3n) is 13.9. The molecular formula is C66H38N8. The van der Waals surface area contributed by atoms with Crippen LogP contribution in [0.25, 0.3) is 123 Å². The molecule has 0 aliphatic rings. The fraction of sp³-hybridized carbons (Fsp3) is 0. The summed E-state index contributed by atoms with van der Waals surface area (Å²) >= 11 is 0. The van der Waals surface area contributed by atoms with Crippen molar-refractivity contribution in [3.05, 3.63) is 247 Å². The highest BCUT2D eigenvalue weighted by molar-refractivity contribution is 6.11. The van der Waals surface area contributed by atoms with E-state index in [1.165, 1.54) is 0 Å². The number of rotatable bonds is 8. The summed E-state index contributed by atoms with van der Waals surface area (Å²) < 4.78 is 4.55. The monoisotopic (exact) mass is 942 g/mol. The lowest BCUT2D eigenvalue weighted by atomic mass is 9.97. The van der Waals surface area contributed by atoms with E-state index in [4.69, 9.17) is 15.0 Å². The predicted octanol–water partition coefficient (Wildman–Crippen LogP) is 15.7. The minimum Gasteiger partial charge on any atom is -0.308 e. The van der Waals surface area contributed by atoms with Gasteiger partial charge in [0.1, 0.15) is 0 Å². The lowest BCUT2D eigenvalue weighted by Crippen LogP contribution is -2.06. The first-order chi connectivity index (χ1) is 36.6. The summed E-state index contributed by atoms with van der Waals surface area (Å²) in [7, 11) is 0. The standard InChI is InChI=1S/C66H38N8/c67-39-42-15-13-18-43(35-42)44-19-14-20-47(36-44)64-70-65(56-33-31-45(50-21-3-1-16-48(50)40-68)37-62(56)73-58-27-9-5-23-52(58)53-24-6-10-28-59(53)73)72-66(71-64)57-34-32-46(51-22-4-2-17-49(51)41-69)38-63(57)74-60-29-11-7-25-54(60)55-26-8-12-30-61(55)74/h1-38H. The number of para-hydroxylation sites is 4. The molecule has 0 fully saturated rings. The molecule has 0 aliphatic carbocycles. The number of benzene rings is 10. The second kappa shape index (κ2) is 17.9. The maximum absolute atomic E-state index is 10.3. The van der Waals surface area contributed by atoms with Crippen LogP contribution < -0.4 is 0 Å². The van der Waals surface area contributed by atoms with Crippen LogP contribution in [0.5, 0.6) is 0 Å². The topological polar surface area (TPSA) is 120 Å². The van der Waals surface area contributed by atoms with Crippen molar-refractivity contribution in [2.45, 2.75) is 0 Å². The van der Waals surface area contributed by atoms with E-state index in [2.05, 4.69) is 155 Å². The van der Waals surface area contributed by atoms with Crippen LogP contribution in [0.1, 0.15) is 16.7 Å². The van der Waals surface area contributed by atoms with Crippen molar-refractivity contribution in [1.82, 2.24) is 24.1 Å². The molecule has 3 heterocycles. The Balaban J connectivity index is 1.13. The average Bonchev–Trinajstić information content (AvgIpc) is 4.03. The summed E-state index contributed by atoms with van der Waals surface area (Å²) in [5.41, 5.74) is 14.8. The third-order valence-corrected chi connectivity index (χ3v) is 13.9. The van der Waals surface area contributed by atoms with Crippen LogP contribution >= 0.6 is 0 Å². The first-order valence-corrected chi connectivity index (χ1v) is 24.2. The summed E-state index contributed by atoms with van der Waals surface area (Å²) in [6.07, 6.45) is 0. The van der Waals surface area contributed by atoms with Gasteiger partial charge in [-0.3, -0.25) is 0 Å². The zero-order valence-corrected chi connectivity index (χ0v) is 39.5. The number of fused-ring (bicyclic) bond motifs is 6. The molecule has 8 heteroatoms. The molecule has 0 bridgehead atoms. The molecule has 0 N–H and O–H groups in total. The predicted molar refractivity (Wildman–Crippen MR) is 295 cm³/mol. The van der Waals surface area contributed by atoms with E-state index in [1.54, 1.807) is 6.07 Å². The Bertz CT molecular complexity index is 4210. The van der Waals surface area contributed by atoms with Gasteiger partial charge in [-0.2, -0.15) is 15.8 Å². The van der Waals surface area contributed by atoms with Crippen LogP contribution in [0, 0.1) is 34.0 Å². The lowest BCUT2D eigenvalue weighted by molar-refractivity contribution is 1.06. The maximum atomic E-state index is 10.3. The molecule has 0 atom stereocenters. The van der Waals surface area contributed by atoms with Gasteiger partial charge in [0.2, 0.25) is 0 Å². The first kappa shape index (κ1) is 43.3. The highest BCUT2D eigenvalue weighted by atomic mass is 15.1. The average molecular weight is 943 g/mol. The maximum Gasteiger partial charge on any atom is 0.166 e.